The average molecular weight is 263 g/mol. The van der Waals surface area contributed by atoms with E-state index in [2.05, 4.69) is 23.7 Å². The molecule has 1 unspecified atom stereocenters. The van der Waals surface area contributed by atoms with Crippen molar-refractivity contribution in [2.75, 3.05) is 0 Å². The molecular formula is C16H19ClO. The number of unbranched alkanes of at least 4 members (excludes halogenated alkanes) is 2. The van der Waals surface area contributed by atoms with E-state index < -0.39 is 0 Å². The van der Waals surface area contributed by atoms with E-state index in [0.717, 1.165) is 25.7 Å². The lowest BCUT2D eigenvalue weighted by Crippen LogP contribution is -1.97. The van der Waals surface area contributed by atoms with E-state index in [-0.39, 0.29) is 6.10 Å². The highest BCUT2D eigenvalue weighted by molar-refractivity contribution is 6.25. The standard InChI is InChI=1S/C16H19ClO/c1-16(18)14-12-10-8-6-4-2-3-5-7-9-11-13-15-17/h4,6,9,11,13,15-16,18H,8,10,12,14H2,1H3. The summed E-state index contributed by atoms with van der Waals surface area (Å²) in [6.07, 6.45) is 12.8. The minimum absolute atomic E-state index is 0.189. The maximum absolute atomic E-state index is 9.06. The van der Waals surface area contributed by atoms with Crippen LogP contribution in [0.2, 0.25) is 0 Å². The molecule has 18 heavy (non-hydrogen) atoms. The van der Waals surface area contributed by atoms with Gasteiger partial charge in [0.25, 0.3) is 0 Å². The third-order valence-corrected chi connectivity index (χ3v) is 2.16. The van der Waals surface area contributed by atoms with Gasteiger partial charge in [-0.25, -0.2) is 0 Å². The van der Waals surface area contributed by atoms with Crippen LogP contribution in [0.3, 0.4) is 0 Å². The Bertz CT molecular complexity index is 394. The fourth-order valence-corrected chi connectivity index (χ4v) is 1.23. The van der Waals surface area contributed by atoms with Gasteiger partial charge in [-0.1, -0.05) is 48.1 Å². The van der Waals surface area contributed by atoms with Gasteiger partial charge in [-0.2, -0.15) is 0 Å². The van der Waals surface area contributed by atoms with Gasteiger partial charge in [0.15, 0.2) is 0 Å². The summed E-state index contributed by atoms with van der Waals surface area (Å²) in [4.78, 5) is 0. The first kappa shape index (κ1) is 16.6. The Morgan fingerprint density at radius 2 is 1.83 bits per heavy atom. The Hall–Kier alpha value is -1.41. The van der Waals surface area contributed by atoms with Gasteiger partial charge in [-0.15, -0.1) is 0 Å². The summed E-state index contributed by atoms with van der Waals surface area (Å²) in [5, 5.41) is 9.06. The van der Waals surface area contributed by atoms with Crippen molar-refractivity contribution in [1.29, 1.82) is 0 Å². The van der Waals surface area contributed by atoms with Crippen LogP contribution in [0.5, 0.6) is 0 Å². The molecule has 0 fully saturated rings. The van der Waals surface area contributed by atoms with Gasteiger partial charge in [0.2, 0.25) is 0 Å². The Kier molecular flexibility index (Phi) is 12.6. The summed E-state index contributed by atoms with van der Waals surface area (Å²) in [5.74, 6) is 11.0. The van der Waals surface area contributed by atoms with Gasteiger partial charge in [-0.3, -0.25) is 0 Å². The van der Waals surface area contributed by atoms with Gasteiger partial charge in [0, 0.05) is 5.54 Å². The zero-order valence-electron chi connectivity index (χ0n) is 10.7. The fraction of sp³-hybridized carbons (Fsp3) is 0.375. The molecule has 0 radical (unpaired) electrons. The molecule has 0 rings (SSSR count). The average Bonchev–Trinajstić information content (AvgIpc) is 2.34. The van der Waals surface area contributed by atoms with Crippen molar-refractivity contribution >= 4 is 11.6 Å². The number of aliphatic hydroxyl groups excluding tert-OH is 1. The third kappa shape index (κ3) is 14.6. The number of halogens is 1. The monoisotopic (exact) mass is 262 g/mol. The van der Waals surface area contributed by atoms with Gasteiger partial charge in [0.1, 0.15) is 0 Å². The lowest BCUT2D eigenvalue weighted by Gasteiger charge is -2.00. The van der Waals surface area contributed by atoms with Crippen molar-refractivity contribution in [2.24, 2.45) is 0 Å². The van der Waals surface area contributed by atoms with Crippen LogP contribution >= 0.6 is 11.6 Å². The predicted octanol–water partition coefficient (Wildman–Crippen LogP) is 3.80. The molecule has 96 valence electrons. The Labute approximate surface area is 115 Å². The molecule has 0 aliphatic heterocycles. The van der Waals surface area contributed by atoms with Crippen LogP contribution in [0, 0.1) is 23.7 Å². The number of hydrogen-bond acceptors (Lipinski definition) is 1. The minimum atomic E-state index is -0.189. The number of hydrogen-bond donors (Lipinski definition) is 1. The van der Waals surface area contributed by atoms with Gasteiger partial charge in [0.05, 0.1) is 6.10 Å². The van der Waals surface area contributed by atoms with Gasteiger partial charge in [-0.05, 0) is 50.2 Å². The van der Waals surface area contributed by atoms with E-state index in [9.17, 15) is 0 Å². The van der Waals surface area contributed by atoms with E-state index >= 15 is 0 Å². The molecule has 2 heteroatoms. The predicted molar refractivity (Wildman–Crippen MR) is 79.0 cm³/mol. The third-order valence-electron chi connectivity index (χ3n) is 2.01. The topological polar surface area (TPSA) is 20.2 Å². The molecule has 0 aliphatic carbocycles. The van der Waals surface area contributed by atoms with Crippen molar-refractivity contribution in [1.82, 2.24) is 0 Å². The van der Waals surface area contributed by atoms with Gasteiger partial charge < -0.3 is 5.11 Å². The number of allylic oxidation sites excluding steroid dienone is 5. The van der Waals surface area contributed by atoms with Crippen LogP contribution in [0.4, 0.5) is 0 Å². The molecule has 0 aromatic carbocycles. The van der Waals surface area contributed by atoms with E-state index in [1.807, 2.05) is 19.1 Å². The van der Waals surface area contributed by atoms with Gasteiger partial charge >= 0.3 is 0 Å². The molecule has 0 amide bonds. The summed E-state index contributed by atoms with van der Waals surface area (Å²) in [5.41, 5.74) is 1.42. The van der Waals surface area contributed by atoms with Crippen LogP contribution in [-0.2, 0) is 0 Å². The Morgan fingerprint density at radius 3 is 2.50 bits per heavy atom. The molecule has 0 aromatic heterocycles. The first-order valence-corrected chi connectivity index (χ1v) is 6.47. The second-order valence-electron chi connectivity index (χ2n) is 3.75. The largest absolute Gasteiger partial charge is 0.393 e. The molecule has 0 aliphatic rings. The SMILES string of the molecule is CC(O)CCCCC=CC#CC#CC=CC=CCl. The van der Waals surface area contributed by atoms with Crippen molar-refractivity contribution in [3.8, 4) is 23.7 Å². The second-order valence-corrected chi connectivity index (χ2v) is 4.00. The molecule has 0 spiro atoms. The Balaban J connectivity index is 3.63. The lowest BCUT2D eigenvalue weighted by molar-refractivity contribution is 0.181. The summed E-state index contributed by atoms with van der Waals surface area (Å²) < 4.78 is 0. The molecular weight excluding hydrogens is 244 g/mol. The summed E-state index contributed by atoms with van der Waals surface area (Å²) in [7, 11) is 0. The van der Waals surface area contributed by atoms with Crippen molar-refractivity contribution in [3.05, 3.63) is 35.9 Å². The highest BCUT2D eigenvalue weighted by Gasteiger charge is 1.93. The van der Waals surface area contributed by atoms with E-state index in [1.165, 1.54) is 5.54 Å². The molecule has 0 aromatic rings. The molecule has 1 atom stereocenters. The lowest BCUT2D eigenvalue weighted by atomic mass is 10.1. The normalized spacial score (nSPS) is 12.4. The maximum atomic E-state index is 9.06. The van der Waals surface area contributed by atoms with Crippen LogP contribution < -0.4 is 0 Å². The molecule has 0 saturated heterocycles. The smallest absolute Gasteiger partial charge is 0.0512 e. The molecule has 0 heterocycles. The quantitative estimate of drug-likeness (QED) is 0.439. The summed E-state index contributed by atoms with van der Waals surface area (Å²) in [6.45, 7) is 1.82. The highest BCUT2D eigenvalue weighted by atomic mass is 35.5. The maximum Gasteiger partial charge on any atom is 0.0512 e. The second kappa shape index (κ2) is 13.7. The fourth-order valence-electron chi connectivity index (χ4n) is 1.15. The molecule has 0 saturated carbocycles. The Morgan fingerprint density at radius 1 is 1.11 bits per heavy atom. The molecule has 1 nitrogen and oxygen atoms in total. The zero-order valence-corrected chi connectivity index (χ0v) is 11.5. The van der Waals surface area contributed by atoms with Crippen molar-refractivity contribution in [2.45, 2.75) is 38.7 Å². The van der Waals surface area contributed by atoms with Crippen LogP contribution in [0.1, 0.15) is 32.6 Å². The van der Waals surface area contributed by atoms with E-state index in [4.69, 9.17) is 16.7 Å². The minimum Gasteiger partial charge on any atom is -0.393 e. The highest BCUT2D eigenvalue weighted by Crippen LogP contribution is 2.03. The van der Waals surface area contributed by atoms with Crippen LogP contribution in [-0.4, -0.2) is 11.2 Å². The summed E-state index contributed by atoms with van der Waals surface area (Å²) >= 11 is 5.32. The molecule has 1 N–H and O–H groups in total. The van der Waals surface area contributed by atoms with E-state index in [0.29, 0.717) is 0 Å². The van der Waals surface area contributed by atoms with Crippen LogP contribution in [0.15, 0.2) is 35.9 Å². The molecule has 0 bridgehead atoms. The number of rotatable bonds is 6. The van der Waals surface area contributed by atoms with Crippen LogP contribution in [0.25, 0.3) is 0 Å². The van der Waals surface area contributed by atoms with Crippen molar-refractivity contribution in [3.63, 3.8) is 0 Å². The first-order valence-electron chi connectivity index (χ1n) is 6.03. The van der Waals surface area contributed by atoms with Crippen molar-refractivity contribution < 1.29 is 5.11 Å². The zero-order chi connectivity index (χ0) is 13.5. The number of aliphatic hydroxyl groups is 1. The summed E-state index contributed by atoms with van der Waals surface area (Å²) in [6, 6.07) is 0. The van der Waals surface area contributed by atoms with E-state index in [1.54, 1.807) is 18.2 Å². The first-order chi connectivity index (χ1) is 8.77.